The van der Waals surface area contributed by atoms with E-state index in [1.807, 2.05) is 20.8 Å². The van der Waals surface area contributed by atoms with Crippen molar-refractivity contribution in [1.82, 2.24) is 0 Å². The van der Waals surface area contributed by atoms with Crippen LogP contribution < -0.4 is 0 Å². The largest absolute Gasteiger partial charge is 0.299 e. The van der Waals surface area contributed by atoms with E-state index in [1.165, 1.54) is 0 Å². The van der Waals surface area contributed by atoms with Crippen molar-refractivity contribution in [1.29, 1.82) is 0 Å². The summed E-state index contributed by atoms with van der Waals surface area (Å²) in [6.45, 7) is 9.05. The van der Waals surface area contributed by atoms with Gasteiger partial charge in [-0.3, -0.25) is 4.79 Å². The molecule has 0 heterocycles. The molecule has 0 saturated heterocycles. The third-order valence-corrected chi connectivity index (χ3v) is 1.94. The molecule has 0 aromatic rings. The Morgan fingerprint density at radius 3 is 2.00 bits per heavy atom. The first-order chi connectivity index (χ1) is 5.25. The van der Waals surface area contributed by atoms with E-state index in [0.717, 1.165) is 0 Å². The lowest BCUT2D eigenvalue weighted by Crippen LogP contribution is -2.25. The van der Waals surface area contributed by atoms with Crippen molar-refractivity contribution in [2.24, 2.45) is 11.3 Å². The van der Waals surface area contributed by atoms with Gasteiger partial charge in [-0.15, -0.1) is 0 Å². The molecule has 0 aliphatic rings. The molecular formula is C10H19FO. The summed E-state index contributed by atoms with van der Waals surface area (Å²) >= 11 is 0. The van der Waals surface area contributed by atoms with Gasteiger partial charge in [0.05, 0.1) is 0 Å². The third kappa shape index (κ3) is 3.84. The van der Waals surface area contributed by atoms with E-state index in [9.17, 15) is 9.18 Å². The van der Waals surface area contributed by atoms with Crippen molar-refractivity contribution in [2.45, 2.75) is 47.2 Å². The van der Waals surface area contributed by atoms with Gasteiger partial charge in [0.2, 0.25) is 0 Å². The molecule has 0 aromatic carbocycles. The van der Waals surface area contributed by atoms with Crippen LogP contribution in [0.15, 0.2) is 0 Å². The number of halogens is 1. The Hall–Kier alpha value is -0.400. The van der Waals surface area contributed by atoms with Gasteiger partial charge in [0.1, 0.15) is 12.0 Å². The van der Waals surface area contributed by atoms with E-state index in [1.54, 1.807) is 13.8 Å². The fourth-order valence-electron chi connectivity index (χ4n) is 0.719. The van der Waals surface area contributed by atoms with Gasteiger partial charge in [-0.05, 0) is 5.92 Å². The van der Waals surface area contributed by atoms with Crippen LogP contribution >= 0.6 is 0 Å². The molecule has 0 amide bonds. The number of carbonyl (C=O) groups is 1. The number of rotatable bonds is 3. The molecule has 1 unspecified atom stereocenters. The smallest absolute Gasteiger partial charge is 0.141 e. The highest BCUT2D eigenvalue weighted by Crippen LogP contribution is 2.21. The Kier molecular flexibility index (Phi) is 3.88. The highest BCUT2D eigenvalue weighted by atomic mass is 19.1. The molecule has 0 bridgehead atoms. The normalized spacial score (nSPS) is 14.9. The highest BCUT2D eigenvalue weighted by molar-refractivity contribution is 5.84. The maximum Gasteiger partial charge on any atom is 0.141 e. The van der Waals surface area contributed by atoms with Crippen molar-refractivity contribution in [3.63, 3.8) is 0 Å². The van der Waals surface area contributed by atoms with Crippen LogP contribution in [0.4, 0.5) is 4.39 Å². The van der Waals surface area contributed by atoms with Gasteiger partial charge in [0, 0.05) is 11.8 Å². The lowest BCUT2D eigenvalue weighted by Gasteiger charge is -2.19. The lowest BCUT2D eigenvalue weighted by molar-refractivity contribution is -0.127. The molecule has 0 rings (SSSR count). The van der Waals surface area contributed by atoms with Gasteiger partial charge >= 0.3 is 0 Å². The maximum atomic E-state index is 13.1. The molecule has 0 fully saturated rings. The zero-order chi connectivity index (χ0) is 9.94. The second-order valence-corrected chi connectivity index (χ2v) is 4.64. The molecule has 12 heavy (non-hydrogen) atoms. The highest BCUT2D eigenvalue weighted by Gasteiger charge is 2.25. The second kappa shape index (κ2) is 4.01. The van der Waals surface area contributed by atoms with Gasteiger partial charge in [0.25, 0.3) is 0 Å². The standard InChI is InChI=1S/C10H19FO/c1-7(2)8(11)6-9(12)10(3,4)5/h7-8H,6H2,1-5H3. The Morgan fingerprint density at radius 2 is 1.75 bits per heavy atom. The Labute approximate surface area is 74.4 Å². The zero-order valence-electron chi connectivity index (χ0n) is 8.65. The van der Waals surface area contributed by atoms with Crippen LogP contribution in [0.1, 0.15) is 41.0 Å². The van der Waals surface area contributed by atoms with Gasteiger partial charge in [-0.2, -0.15) is 0 Å². The molecule has 0 aliphatic carbocycles. The summed E-state index contributed by atoms with van der Waals surface area (Å²) in [5.74, 6) is -0.0556. The number of ketones is 1. The molecule has 0 radical (unpaired) electrons. The van der Waals surface area contributed by atoms with Crippen LogP contribution in [-0.2, 0) is 4.79 Å². The quantitative estimate of drug-likeness (QED) is 0.642. The van der Waals surface area contributed by atoms with Crippen molar-refractivity contribution in [2.75, 3.05) is 0 Å². The first kappa shape index (κ1) is 11.6. The molecule has 0 spiro atoms. The van der Waals surface area contributed by atoms with E-state index >= 15 is 0 Å². The fraction of sp³-hybridized carbons (Fsp3) is 0.900. The molecule has 72 valence electrons. The number of hydrogen-bond donors (Lipinski definition) is 0. The average molecular weight is 174 g/mol. The maximum absolute atomic E-state index is 13.1. The second-order valence-electron chi connectivity index (χ2n) is 4.64. The first-order valence-electron chi connectivity index (χ1n) is 4.42. The monoisotopic (exact) mass is 174 g/mol. The first-order valence-corrected chi connectivity index (χ1v) is 4.42. The van der Waals surface area contributed by atoms with Gasteiger partial charge in [0.15, 0.2) is 0 Å². The lowest BCUT2D eigenvalue weighted by atomic mass is 9.86. The molecular weight excluding hydrogens is 155 g/mol. The van der Waals surface area contributed by atoms with Crippen LogP contribution in [0.3, 0.4) is 0 Å². The minimum absolute atomic E-state index is 0.00343. The van der Waals surface area contributed by atoms with E-state index in [-0.39, 0.29) is 18.1 Å². The number of hydrogen-bond acceptors (Lipinski definition) is 1. The van der Waals surface area contributed by atoms with Crippen LogP contribution in [-0.4, -0.2) is 12.0 Å². The predicted octanol–water partition coefficient (Wildman–Crippen LogP) is 2.99. The van der Waals surface area contributed by atoms with E-state index < -0.39 is 11.6 Å². The zero-order valence-corrected chi connectivity index (χ0v) is 8.65. The summed E-state index contributed by atoms with van der Waals surface area (Å²) in [5, 5.41) is 0. The van der Waals surface area contributed by atoms with Crippen LogP contribution in [0.5, 0.6) is 0 Å². The molecule has 2 heteroatoms. The van der Waals surface area contributed by atoms with Gasteiger partial charge in [-0.1, -0.05) is 34.6 Å². The summed E-state index contributed by atoms with van der Waals surface area (Å²) in [6, 6.07) is 0. The summed E-state index contributed by atoms with van der Waals surface area (Å²) in [4.78, 5) is 11.3. The third-order valence-electron chi connectivity index (χ3n) is 1.94. The average Bonchev–Trinajstić information content (AvgIpc) is 1.85. The fourth-order valence-corrected chi connectivity index (χ4v) is 0.719. The minimum atomic E-state index is -0.989. The molecule has 0 aromatic heterocycles. The van der Waals surface area contributed by atoms with Crippen LogP contribution in [0, 0.1) is 11.3 Å². The summed E-state index contributed by atoms with van der Waals surface area (Å²) in [6.07, 6.45) is -0.932. The number of Topliss-reactive ketones (excluding diaryl/α,β-unsaturated/α-hetero) is 1. The van der Waals surface area contributed by atoms with Gasteiger partial charge in [-0.25, -0.2) is 4.39 Å². The minimum Gasteiger partial charge on any atom is -0.299 e. The Morgan fingerprint density at radius 1 is 1.33 bits per heavy atom. The molecule has 1 nitrogen and oxygen atoms in total. The summed E-state index contributed by atoms with van der Waals surface area (Å²) in [7, 11) is 0. The predicted molar refractivity (Wildman–Crippen MR) is 48.8 cm³/mol. The van der Waals surface area contributed by atoms with Crippen molar-refractivity contribution in [3.8, 4) is 0 Å². The number of carbonyl (C=O) groups excluding carboxylic acids is 1. The Balaban J connectivity index is 4.02. The van der Waals surface area contributed by atoms with Crippen molar-refractivity contribution in [3.05, 3.63) is 0 Å². The SMILES string of the molecule is CC(C)C(F)CC(=O)C(C)(C)C. The van der Waals surface area contributed by atoms with E-state index in [0.29, 0.717) is 0 Å². The van der Waals surface area contributed by atoms with Crippen LogP contribution in [0.2, 0.25) is 0 Å². The topological polar surface area (TPSA) is 17.1 Å². The Bertz CT molecular complexity index is 156. The van der Waals surface area contributed by atoms with Crippen molar-refractivity contribution >= 4 is 5.78 Å². The van der Waals surface area contributed by atoms with E-state index in [4.69, 9.17) is 0 Å². The summed E-state index contributed by atoms with van der Waals surface area (Å²) < 4.78 is 13.1. The van der Waals surface area contributed by atoms with E-state index in [2.05, 4.69) is 0 Å². The molecule has 0 aliphatic heterocycles. The van der Waals surface area contributed by atoms with Crippen LogP contribution in [0.25, 0.3) is 0 Å². The molecule has 0 N–H and O–H groups in total. The number of alkyl halides is 1. The summed E-state index contributed by atoms with van der Waals surface area (Å²) in [5.41, 5.74) is -0.404. The molecule has 0 saturated carbocycles. The molecule has 1 atom stereocenters. The van der Waals surface area contributed by atoms with Gasteiger partial charge < -0.3 is 0 Å². The van der Waals surface area contributed by atoms with Crippen molar-refractivity contribution < 1.29 is 9.18 Å².